The first-order valence-corrected chi connectivity index (χ1v) is 9.60. The van der Waals surface area contributed by atoms with Crippen molar-refractivity contribution in [1.29, 1.82) is 0 Å². The second kappa shape index (κ2) is 7.76. The summed E-state index contributed by atoms with van der Waals surface area (Å²) in [6.45, 7) is -0.122. The fraction of sp³-hybridized carbons (Fsp3) is 0.235. The van der Waals surface area contributed by atoms with Crippen LogP contribution in [0.15, 0.2) is 48.5 Å². The van der Waals surface area contributed by atoms with Crippen molar-refractivity contribution in [3.63, 3.8) is 0 Å². The molecule has 0 unspecified atom stereocenters. The van der Waals surface area contributed by atoms with E-state index in [4.69, 9.17) is 16.3 Å². The zero-order valence-corrected chi connectivity index (χ0v) is 15.7. The van der Waals surface area contributed by atoms with E-state index in [-0.39, 0.29) is 12.5 Å². The Bertz CT molecular complexity index is 836. The fourth-order valence-corrected chi connectivity index (χ4v) is 2.63. The lowest BCUT2D eigenvalue weighted by atomic mass is 10.2. The van der Waals surface area contributed by atoms with E-state index in [9.17, 15) is 13.2 Å². The standard InChI is InChI=1S/C17H19ClN2O4S/c1-19(17(21)12-24-16-10-4-13(18)5-11-16)14-6-8-15(9-7-14)20(2)25(3,22)23/h4-11H,12H2,1-3H3. The molecule has 0 atom stereocenters. The minimum absolute atomic E-state index is 0.122. The lowest BCUT2D eigenvalue weighted by molar-refractivity contribution is -0.120. The summed E-state index contributed by atoms with van der Waals surface area (Å²) in [4.78, 5) is 13.7. The summed E-state index contributed by atoms with van der Waals surface area (Å²) in [5.74, 6) is 0.315. The molecule has 0 saturated heterocycles. The summed E-state index contributed by atoms with van der Waals surface area (Å²) in [5.41, 5.74) is 1.15. The average molecular weight is 383 g/mol. The molecular weight excluding hydrogens is 364 g/mol. The van der Waals surface area contributed by atoms with E-state index in [1.807, 2.05) is 0 Å². The van der Waals surface area contributed by atoms with Crippen molar-refractivity contribution < 1.29 is 17.9 Å². The van der Waals surface area contributed by atoms with Crippen molar-refractivity contribution in [2.24, 2.45) is 0 Å². The van der Waals surface area contributed by atoms with E-state index in [0.717, 1.165) is 6.26 Å². The zero-order chi connectivity index (χ0) is 18.6. The number of sulfonamides is 1. The van der Waals surface area contributed by atoms with E-state index < -0.39 is 10.0 Å². The molecule has 0 radical (unpaired) electrons. The van der Waals surface area contributed by atoms with Crippen LogP contribution in [0.3, 0.4) is 0 Å². The van der Waals surface area contributed by atoms with Crippen LogP contribution in [0.4, 0.5) is 11.4 Å². The number of hydrogen-bond acceptors (Lipinski definition) is 4. The van der Waals surface area contributed by atoms with Crippen molar-refractivity contribution >= 4 is 38.9 Å². The Balaban J connectivity index is 2.00. The topological polar surface area (TPSA) is 66.9 Å². The molecule has 0 spiro atoms. The van der Waals surface area contributed by atoms with Gasteiger partial charge < -0.3 is 9.64 Å². The van der Waals surface area contributed by atoms with E-state index in [0.29, 0.717) is 22.1 Å². The van der Waals surface area contributed by atoms with Crippen molar-refractivity contribution in [2.45, 2.75) is 0 Å². The number of carbonyl (C=O) groups is 1. The largest absolute Gasteiger partial charge is 0.484 e. The highest BCUT2D eigenvalue weighted by Crippen LogP contribution is 2.21. The normalized spacial score (nSPS) is 11.0. The molecule has 6 nitrogen and oxygen atoms in total. The van der Waals surface area contributed by atoms with Gasteiger partial charge in [-0.05, 0) is 48.5 Å². The summed E-state index contributed by atoms with van der Waals surface area (Å²) in [5, 5.41) is 0.593. The third-order valence-corrected chi connectivity index (χ3v) is 5.11. The highest BCUT2D eigenvalue weighted by Gasteiger charge is 2.14. The lowest BCUT2D eigenvalue weighted by Crippen LogP contribution is -2.31. The molecule has 0 N–H and O–H groups in total. The van der Waals surface area contributed by atoms with Crippen LogP contribution in [0.2, 0.25) is 5.02 Å². The molecule has 0 bridgehead atoms. The van der Waals surface area contributed by atoms with Gasteiger partial charge in [0.2, 0.25) is 10.0 Å². The number of carbonyl (C=O) groups excluding carboxylic acids is 1. The van der Waals surface area contributed by atoms with Gasteiger partial charge in [-0.3, -0.25) is 9.10 Å². The van der Waals surface area contributed by atoms with E-state index in [1.54, 1.807) is 55.6 Å². The molecule has 0 heterocycles. The number of nitrogens with zero attached hydrogens (tertiary/aromatic N) is 2. The number of benzene rings is 2. The Hall–Kier alpha value is -2.25. The Labute approximate surface area is 152 Å². The molecule has 0 aromatic heterocycles. The Kier molecular flexibility index (Phi) is 5.92. The molecule has 134 valence electrons. The third-order valence-electron chi connectivity index (χ3n) is 3.65. The molecule has 0 aliphatic carbocycles. The van der Waals surface area contributed by atoms with Gasteiger partial charge in [-0.2, -0.15) is 0 Å². The first-order chi connectivity index (χ1) is 11.7. The molecule has 0 aliphatic heterocycles. The highest BCUT2D eigenvalue weighted by molar-refractivity contribution is 7.92. The second-order valence-electron chi connectivity index (χ2n) is 5.44. The minimum atomic E-state index is -3.32. The minimum Gasteiger partial charge on any atom is -0.484 e. The molecule has 0 saturated carbocycles. The van der Waals surface area contributed by atoms with Gasteiger partial charge in [0, 0.05) is 24.8 Å². The first-order valence-electron chi connectivity index (χ1n) is 7.37. The Morgan fingerprint density at radius 2 is 1.52 bits per heavy atom. The molecule has 8 heteroatoms. The molecule has 0 aliphatic rings. The lowest BCUT2D eigenvalue weighted by Gasteiger charge is -2.20. The number of rotatable bonds is 6. The number of ether oxygens (including phenoxy) is 1. The van der Waals surface area contributed by atoms with E-state index >= 15 is 0 Å². The van der Waals surface area contributed by atoms with Crippen LogP contribution >= 0.6 is 11.6 Å². The third kappa shape index (κ3) is 5.11. The second-order valence-corrected chi connectivity index (χ2v) is 7.89. The van der Waals surface area contributed by atoms with Crippen LogP contribution < -0.4 is 13.9 Å². The predicted molar refractivity (Wildman–Crippen MR) is 100 cm³/mol. The monoisotopic (exact) mass is 382 g/mol. The quantitative estimate of drug-likeness (QED) is 0.770. The van der Waals surface area contributed by atoms with Gasteiger partial charge in [-0.1, -0.05) is 11.6 Å². The Morgan fingerprint density at radius 3 is 2.04 bits per heavy atom. The van der Waals surface area contributed by atoms with Crippen molar-refractivity contribution in [2.75, 3.05) is 36.2 Å². The molecule has 2 aromatic rings. The fourth-order valence-electron chi connectivity index (χ4n) is 1.99. The van der Waals surface area contributed by atoms with Crippen molar-refractivity contribution in [3.8, 4) is 5.75 Å². The van der Waals surface area contributed by atoms with Gasteiger partial charge in [0.15, 0.2) is 6.61 Å². The van der Waals surface area contributed by atoms with Crippen LogP contribution in [0.1, 0.15) is 0 Å². The summed E-state index contributed by atoms with van der Waals surface area (Å²) >= 11 is 5.80. The van der Waals surface area contributed by atoms with Gasteiger partial charge >= 0.3 is 0 Å². The maximum atomic E-state index is 12.2. The van der Waals surface area contributed by atoms with Crippen LogP contribution in [0, 0.1) is 0 Å². The summed E-state index contributed by atoms with van der Waals surface area (Å²) in [6, 6.07) is 13.4. The van der Waals surface area contributed by atoms with Gasteiger partial charge in [-0.25, -0.2) is 8.42 Å². The Morgan fingerprint density at radius 1 is 1.00 bits per heavy atom. The average Bonchev–Trinajstić information content (AvgIpc) is 2.59. The smallest absolute Gasteiger partial charge is 0.264 e. The molecule has 25 heavy (non-hydrogen) atoms. The summed E-state index contributed by atoms with van der Waals surface area (Å²) in [6.07, 6.45) is 1.13. The number of likely N-dealkylation sites (N-methyl/N-ethyl adjacent to an activating group) is 1. The molecule has 2 aromatic carbocycles. The van der Waals surface area contributed by atoms with Crippen LogP contribution in [0.5, 0.6) is 5.75 Å². The maximum absolute atomic E-state index is 12.2. The van der Waals surface area contributed by atoms with Crippen LogP contribution in [-0.2, 0) is 14.8 Å². The van der Waals surface area contributed by atoms with Crippen molar-refractivity contribution in [3.05, 3.63) is 53.6 Å². The zero-order valence-electron chi connectivity index (χ0n) is 14.1. The van der Waals surface area contributed by atoms with Gasteiger partial charge in [0.1, 0.15) is 5.75 Å². The van der Waals surface area contributed by atoms with Gasteiger partial charge in [0.05, 0.1) is 11.9 Å². The van der Waals surface area contributed by atoms with E-state index in [2.05, 4.69) is 0 Å². The van der Waals surface area contributed by atoms with E-state index in [1.165, 1.54) is 16.3 Å². The van der Waals surface area contributed by atoms with Crippen molar-refractivity contribution in [1.82, 2.24) is 0 Å². The summed E-state index contributed by atoms with van der Waals surface area (Å²) < 4.78 is 29.7. The predicted octanol–water partition coefficient (Wildman–Crippen LogP) is 2.78. The molecular formula is C17H19ClN2O4S. The highest BCUT2D eigenvalue weighted by atomic mass is 35.5. The molecule has 2 rings (SSSR count). The summed E-state index contributed by atoms with van der Waals surface area (Å²) in [7, 11) is -0.225. The SMILES string of the molecule is CN(C(=O)COc1ccc(Cl)cc1)c1ccc(N(C)S(C)(=O)=O)cc1. The molecule has 0 fully saturated rings. The van der Waals surface area contributed by atoms with Crippen LogP contribution in [-0.4, -0.2) is 41.3 Å². The van der Waals surface area contributed by atoms with Gasteiger partial charge in [0.25, 0.3) is 5.91 Å². The number of halogens is 1. The number of anilines is 2. The molecule has 1 amide bonds. The van der Waals surface area contributed by atoms with Crippen LogP contribution in [0.25, 0.3) is 0 Å². The first kappa shape index (κ1) is 19.1. The maximum Gasteiger partial charge on any atom is 0.264 e. The number of amides is 1. The number of hydrogen-bond donors (Lipinski definition) is 0. The van der Waals surface area contributed by atoms with Gasteiger partial charge in [-0.15, -0.1) is 0 Å².